The number of aromatic amines is 1. The maximum absolute atomic E-state index is 6.50. The number of morpholine rings is 1. The van der Waals surface area contributed by atoms with Crippen molar-refractivity contribution in [3.8, 4) is 0 Å². The van der Waals surface area contributed by atoms with Crippen molar-refractivity contribution in [1.29, 1.82) is 0 Å². The van der Waals surface area contributed by atoms with Gasteiger partial charge in [0.1, 0.15) is 11.6 Å². The molecule has 0 spiro atoms. The fraction of sp³-hybridized carbons (Fsp3) is 0.444. The summed E-state index contributed by atoms with van der Waals surface area (Å²) in [4.78, 5) is 14.8. The SMILES string of the molecule is CCc1nccn1Cc1cc(Cl)c2[nH]c(CN3CCOCC3)nc2c1. The highest BCUT2D eigenvalue weighted by molar-refractivity contribution is 6.35. The van der Waals surface area contributed by atoms with Gasteiger partial charge in [0.15, 0.2) is 0 Å². The van der Waals surface area contributed by atoms with E-state index in [9.17, 15) is 0 Å². The molecule has 1 aromatic carbocycles. The van der Waals surface area contributed by atoms with Crippen molar-refractivity contribution in [1.82, 2.24) is 24.4 Å². The van der Waals surface area contributed by atoms with E-state index in [4.69, 9.17) is 21.3 Å². The highest BCUT2D eigenvalue weighted by atomic mass is 35.5. The Labute approximate surface area is 151 Å². The zero-order chi connectivity index (χ0) is 17.2. The average molecular weight is 360 g/mol. The van der Waals surface area contributed by atoms with Crippen molar-refractivity contribution in [2.24, 2.45) is 0 Å². The number of nitrogens with one attached hydrogen (secondary N) is 1. The predicted molar refractivity (Wildman–Crippen MR) is 97.9 cm³/mol. The van der Waals surface area contributed by atoms with Crippen molar-refractivity contribution in [3.63, 3.8) is 0 Å². The van der Waals surface area contributed by atoms with E-state index in [1.807, 2.05) is 18.5 Å². The van der Waals surface area contributed by atoms with Crippen LogP contribution in [0.2, 0.25) is 5.02 Å². The summed E-state index contributed by atoms with van der Waals surface area (Å²) in [6.45, 7) is 7.12. The molecular formula is C18H22ClN5O. The van der Waals surface area contributed by atoms with Crippen LogP contribution in [0.25, 0.3) is 11.0 Å². The fourth-order valence-corrected chi connectivity index (χ4v) is 3.59. The molecule has 0 radical (unpaired) electrons. The molecule has 1 aliphatic rings. The summed E-state index contributed by atoms with van der Waals surface area (Å²) in [6, 6.07) is 4.12. The van der Waals surface area contributed by atoms with Crippen molar-refractivity contribution in [2.45, 2.75) is 26.4 Å². The largest absolute Gasteiger partial charge is 0.379 e. The molecule has 132 valence electrons. The summed E-state index contributed by atoms with van der Waals surface area (Å²) < 4.78 is 7.55. The molecule has 2 aromatic heterocycles. The van der Waals surface area contributed by atoms with Crippen LogP contribution < -0.4 is 0 Å². The van der Waals surface area contributed by atoms with E-state index >= 15 is 0 Å². The lowest BCUT2D eigenvalue weighted by Gasteiger charge is -2.25. The van der Waals surface area contributed by atoms with E-state index in [-0.39, 0.29) is 0 Å². The number of fused-ring (bicyclic) bond motifs is 1. The lowest BCUT2D eigenvalue weighted by atomic mass is 10.2. The van der Waals surface area contributed by atoms with Gasteiger partial charge in [-0.1, -0.05) is 18.5 Å². The Hall–Kier alpha value is -1.89. The first-order valence-electron chi connectivity index (χ1n) is 8.70. The molecule has 0 amide bonds. The van der Waals surface area contributed by atoms with Crippen LogP contribution in [0.5, 0.6) is 0 Å². The molecule has 0 saturated carbocycles. The van der Waals surface area contributed by atoms with E-state index < -0.39 is 0 Å². The van der Waals surface area contributed by atoms with Crippen LogP contribution in [0.3, 0.4) is 0 Å². The van der Waals surface area contributed by atoms with E-state index in [2.05, 4.69) is 32.4 Å². The first-order valence-corrected chi connectivity index (χ1v) is 9.08. The van der Waals surface area contributed by atoms with Crippen molar-refractivity contribution in [3.05, 3.63) is 46.8 Å². The Balaban J connectivity index is 1.58. The van der Waals surface area contributed by atoms with E-state index in [0.29, 0.717) is 5.02 Å². The molecule has 1 fully saturated rings. The molecular weight excluding hydrogens is 338 g/mol. The van der Waals surface area contributed by atoms with Crippen LogP contribution in [0.1, 0.15) is 24.1 Å². The Bertz CT molecular complexity index is 866. The van der Waals surface area contributed by atoms with Crippen LogP contribution in [0.4, 0.5) is 0 Å². The summed E-state index contributed by atoms with van der Waals surface area (Å²) in [5.74, 6) is 2.03. The maximum Gasteiger partial charge on any atom is 0.121 e. The zero-order valence-corrected chi connectivity index (χ0v) is 15.1. The second-order valence-electron chi connectivity index (χ2n) is 6.37. The molecule has 0 bridgehead atoms. The van der Waals surface area contributed by atoms with E-state index in [1.165, 1.54) is 0 Å². The van der Waals surface area contributed by atoms with Gasteiger partial charge in [-0.25, -0.2) is 9.97 Å². The first kappa shape index (κ1) is 16.6. The number of halogens is 1. The predicted octanol–water partition coefficient (Wildman–Crippen LogP) is 2.86. The minimum absolute atomic E-state index is 0.714. The standard InChI is InChI=1S/C18H22ClN5O/c1-2-17-20-3-4-24(17)11-13-9-14(19)18-15(10-13)21-16(22-18)12-23-5-7-25-8-6-23/h3-4,9-10H,2,5-8,11-12H2,1H3,(H,21,22). The van der Waals surface area contributed by atoms with Gasteiger partial charge in [0.05, 0.1) is 35.8 Å². The number of rotatable bonds is 5. The van der Waals surface area contributed by atoms with Crippen LogP contribution in [-0.2, 0) is 24.2 Å². The lowest BCUT2D eigenvalue weighted by molar-refractivity contribution is 0.0332. The summed E-state index contributed by atoms with van der Waals surface area (Å²) in [6.07, 6.45) is 4.76. The molecule has 6 nitrogen and oxygen atoms in total. The van der Waals surface area contributed by atoms with Gasteiger partial charge in [-0.2, -0.15) is 0 Å². The smallest absolute Gasteiger partial charge is 0.121 e. The van der Waals surface area contributed by atoms with Crippen molar-refractivity contribution >= 4 is 22.6 Å². The quantitative estimate of drug-likeness (QED) is 0.761. The number of aromatic nitrogens is 4. The third-order valence-electron chi connectivity index (χ3n) is 4.60. The second kappa shape index (κ2) is 7.15. The molecule has 25 heavy (non-hydrogen) atoms. The third kappa shape index (κ3) is 3.56. The van der Waals surface area contributed by atoms with Crippen molar-refractivity contribution < 1.29 is 4.74 Å². The molecule has 0 atom stereocenters. The number of H-pyrrole nitrogens is 1. The van der Waals surface area contributed by atoms with Gasteiger partial charge < -0.3 is 14.3 Å². The summed E-state index contributed by atoms with van der Waals surface area (Å²) in [7, 11) is 0. The summed E-state index contributed by atoms with van der Waals surface area (Å²) in [5, 5.41) is 0.714. The van der Waals surface area contributed by atoms with Gasteiger partial charge in [-0.3, -0.25) is 4.90 Å². The number of aryl methyl sites for hydroxylation is 1. The molecule has 1 N–H and O–H groups in total. The zero-order valence-electron chi connectivity index (χ0n) is 14.3. The lowest BCUT2D eigenvalue weighted by Crippen LogP contribution is -2.35. The normalized spacial score (nSPS) is 15.9. The maximum atomic E-state index is 6.50. The summed E-state index contributed by atoms with van der Waals surface area (Å²) in [5.41, 5.74) is 2.97. The molecule has 4 rings (SSSR count). The third-order valence-corrected chi connectivity index (χ3v) is 4.90. The van der Waals surface area contributed by atoms with Crippen LogP contribution in [0.15, 0.2) is 24.5 Å². The number of nitrogens with zero attached hydrogens (tertiary/aromatic N) is 4. The Kier molecular flexibility index (Phi) is 4.74. The van der Waals surface area contributed by atoms with Crippen molar-refractivity contribution in [2.75, 3.05) is 26.3 Å². The monoisotopic (exact) mass is 359 g/mol. The minimum atomic E-state index is 0.714. The van der Waals surface area contributed by atoms with Gasteiger partial charge in [0.2, 0.25) is 0 Å². The molecule has 7 heteroatoms. The van der Waals surface area contributed by atoms with Gasteiger partial charge >= 0.3 is 0 Å². The Morgan fingerprint density at radius 2 is 2.08 bits per heavy atom. The Morgan fingerprint density at radius 1 is 1.24 bits per heavy atom. The molecule has 1 aliphatic heterocycles. The average Bonchev–Trinajstić information content (AvgIpc) is 3.22. The molecule has 3 aromatic rings. The van der Waals surface area contributed by atoms with Gasteiger partial charge in [-0.05, 0) is 17.7 Å². The highest BCUT2D eigenvalue weighted by Crippen LogP contribution is 2.25. The van der Waals surface area contributed by atoms with Crippen LogP contribution in [0, 0.1) is 0 Å². The van der Waals surface area contributed by atoms with Gasteiger partial charge in [0.25, 0.3) is 0 Å². The van der Waals surface area contributed by atoms with Crippen LogP contribution >= 0.6 is 11.6 Å². The van der Waals surface area contributed by atoms with E-state index in [0.717, 1.165) is 74.1 Å². The first-order chi connectivity index (χ1) is 12.2. The molecule has 0 unspecified atom stereocenters. The van der Waals surface area contributed by atoms with Crippen LogP contribution in [-0.4, -0.2) is 50.7 Å². The minimum Gasteiger partial charge on any atom is -0.379 e. The summed E-state index contributed by atoms with van der Waals surface area (Å²) >= 11 is 6.50. The number of benzene rings is 1. The number of hydrogen-bond donors (Lipinski definition) is 1. The fourth-order valence-electron chi connectivity index (χ4n) is 3.31. The van der Waals surface area contributed by atoms with E-state index in [1.54, 1.807) is 0 Å². The Morgan fingerprint density at radius 3 is 2.88 bits per heavy atom. The van der Waals surface area contributed by atoms with Gasteiger partial charge in [0, 0.05) is 38.4 Å². The molecule has 0 aliphatic carbocycles. The van der Waals surface area contributed by atoms with Gasteiger partial charge in [-0.15, -0.1) is 0 Å². The number of ether oxygens (including phenoxy) is 1. The second-order valence-corrected chi connectivity index (χ2v) is 6.78. The molecule has 3 heterocycles. The highest BCUT2D eigenvalue weighted by Gasteiger charge is 2.14. The topological polar surface area (TPSA) is 59.0 Å². The number of imidazole rings is 2. The number of hydrogen-bond acceptors (Lipinski definition) is 4. The molecule has 1 saturated heterocycles.